The zero-order chi connectivity index (χ0) is 8.01. The van der Waals surface area contributed by atoms with E-state index in [1.807, 2.05) is 24.4 Å². The number of hydrogen-bond donors (Lipinski definition) is 1. The van der Waals surface area contributed by atoms with E-state index in [2.05, 4.69) is 17.0 Å². The molecule has 0 radical (unpaired) electrons. The molecule has 58 valence electrons. The third-order valence-corrected chi connectivity index (χ3v) is 2.00. The molecular formula is C8H11N3. The van der Waals surface area contributed by atoms with Crippen LogP contribution in [0.3, 0.4) is 0 Å². The Labute approximate surface area is 65.0 Å². The summed E-state index contributed by atoms with van der Waals surface area (Å²) in [7, 11) is 0. The number of fused-ring (bicyclic) bond motifs is 1. The average molecular weight is 149 g/mol. The maximum absolute atomic E-state index is 4.37. The Hall–Kier alpha value is -1.25. The van der Waals surface area contributed by atoms with Crippen molar-refractivity contribution in [2.45, 2.75) is 20.8 Å². The summed E-state index contributed by atoms with van der Waals surface area (Å²) < 4.78 is 2.00. The van der Waals surface area contributed by atoms with E-state index in [4.69, 9.17) is 0 Å². The quantitative estimate of drug-likeness (QED) is 0.606. The highest BCUT2D eigenvalue weighted by molar-refractivity contribution is 5.43. The molecule has 1 N–H and O–H groups in total. The van der Waals surface area contributed by atoms with Crippen LogP contribution in [-0.4, -0.2) is 14.6 Å². The fourth-order valence-electron chi connectivity index (χ4n) is 1.28. The first kappa shape index (κ1) is 6.46. The van der Waals surface area contributed by atoms with Crippen molar-refractivity contribution in [3.8, 4) is 0 Å². The van der Waals surface area contributed by atoms with E-state index >= 15 is 0 Å². The van der Waals surface area contributed by atoms with Gasteiger partial charge < -0.3 is 0 Å². The van der Waals surface area contributed by atoms with Gasteiger partial charge in [-0.1, -0.05) is 0 Å². The number of aromatic nitrogens is 3. The van der Waals surface area contributed by atoms with Crippen molar-refractivity contribution in [3.05, 3.63) is 23.1 Å². The Bertz CT molecular complexity index is 395. The fraction of sp³-hybridized carbons (Fsp3) is 0.375. The Morgan fingerprint density at radius 3 is 2.73 bits per heavy atom. The van der Waals surface area contributed by atoms with Crippen LogP contribution in [0.2, 0.25) is 0 Å². The van der Waals surface area contributed by atoms with Gasteiger partial charge in [0.1, 0.15) is 0 Å². The SMILES string of the molecule is Cc1cc2nc(C)c(C)n2[nH]1. The molecule has 0 fully saturated rings. The van der Waals surface area contributed by atoms with Gasteiger partial charge in [0, 0.05) is 11.8 Å². The predicted octanol–water partition coefficient (Wildman–Crippen LogP) is 1.59. The Morgan fingerprint density at radius 1 is 1.36 bits per heavy atom. The number of H-pyrrole nitrogens is 1. The molecular weight excluding hydrogens is 138 g/mol. The zero-order valence-corrected chi connectivity index (χ0v) is 6.97. The molecule has 3 heteroatoms. The van der Waals surface area contributed by atoms with Gasteiger partial charge in [0.2, 0.25) is 0 Å². The van der Waals surface area contributed by atoms with Gasteiger partial charge in [-0.05, 0) is 20.8 Å². The molecule has 0 bridgehead atoms. The summed E-state index contributed by atoms with van der Waals surface area (Å²) in [5.41, 5.74) is 4.44. The van der Waals surface area contributed by atoms with E-state index in [9.17, 15) is 0 Å². The van der Waals surface area contributed by atoms with Gasteiger partial charge in [-0.3, -0.25) is 5.10 Å². The van der Waals surface area contributed by atoms with Crippen molar-refractivity contribution in [2.75, 3.05) is 0 Å². The maximum Gasteiger partial charge on any atom is 0.153 e. The highest BCUT2D eigenvalue weighted by Gasteiger charge is 2.04. The largest absolute Gasteiger partial charge is 0.297 e. The van der Waals surface area contributed by atoms with Gasteiger partial charge in [-0.25, -0.2) is 9.50 Å². The lowest BCUT2D eigenvalue weighted by molar-refractivity contribution is 0.902. The van der Waals surface area contributed by atoms with Crippen LogP contribution in [0, 0.1) is 20.8 Å². The number of nitrogens with one attached hydrogen (secondary N) is 1. The van der Waals surface area contributed by atoms with E-state index < -0.39 is 0 Å². The van der Waals surface area contributed by atoms with Gasteiger partial charge >= 0.3 is 0 Å². The van der Waals surface area contributed by atoms with Crippen molar-refractivity contribution in [1.82, 2.24) is 14.6 Å². The number of imidazole rings is 1. The van der Waals surface area contributed by atoms with Crippen molar-refractivity contribution in [3.63, 3.8) is 0 Å². The summed E-state index contributed by atoms with van der Waals surface area (Å²) in [4.78, 5) is 4.37. The predicted molar refractivity (Wildman–Crippen MR) is 43.8 cm³/mol. The zero-order valence-electron chi connectivity index (χ0n) is 6.97. The molecule has 2 heterocycles. The second-order valence-corrected chi connectivity index (χ2v) is 2.92. The summed E-state index contributed by atoms with van der Waals surface area (Å²) in [6.45, 7) is 6.11. The fourth-order valence-corrected chi connectivity index (χ4v) is 1.28. The molecule has 0 aliphatic carbocycles. The molecule has 0 saturated heterocycles. The number of hydrogen-bond acceptors (Lipinski definition) is 1. The molecule has 0 aromatic carbocycles. The third-order valence-electron chi connectivity index (χ3n) is 2.00. The molecule has 2 rings (SSSR count). The minimum atomic E-state index is 1.01. The van der Waals surface area contributed by atoms with Crippen molar-refractivity contribution in [2.24, 2.45) is 0 Å². The Balaban J connectivity index is 2.88. The van der Waals surface area contributed by atoms with Crippen molar-refractivity contribution in [1.29, 1.82) is 0 Å². The van der Waals surface area contributed by atoms with E-state index in [0.717, 1.165) is 17.0 Å². The van der Waals surface area contributed by atoms with Crippen LogP contribution in [0.15, 0.2) is 6.07 Å². The maximum atomic E-state index is 4.37. The molecule has 2 aromatic rings. The first-order valence-corrected chi connectivity index (χ1v) is 3.70. The monoisotopic (exact) mass is 149 g/mol. The van der Waals surface area contributed by atoms with Crippen molar-refractivity contribution < 1.29 is 0 Å². The molecule has 0 aliphatic rings. The minimum absolute atomic E-state index is 1.01. The number of aromatic amines is 1. The molecule has 0 aliphatic heterocycles. The van der Waals surface area contributed by atoms with Crippen LogP contribution in [-0.2, 0) is 0 Å². The van der Waals surface area contributed by atoms with E-state index in [-0.39, 0.29) is 0 Å². The van der Waals surface area contributed by atoms with Gasteiger partial charge in [0.15, 0.2) is 5.65 Å². The third kappa shape index (κ3) is 0.770. The summed E-state index contributed by atoms with van der Waals surface area (Å²) in [6.07, 6.45) is 0. The van der Waals surface area contributed by atoms with Crippen LogP contribution in [0.25, 0.3) is 5.65 Å². The van der Waals surface area contributed by atoms with Crippen LogP contribution in [0.1, 0.15) is 17.1 Å². The highest BCUT2D eigenvalue weighted by atomic mass is 15.3. The number of rotatable bonds is 0. The average Bonchev–Trinajstić information content (AvgIpc) is 2.37. The second-order valence-electron chi connectivity index (χ2n) is 2.92. The van der Waals surface area contributed by atoms with E-state index in [1.54, 1.807) is 0 Å². The first-order valence-electron chi connectivity index (χ1n) is 3.70. The summed E-state index contributed by atoms with van der Waals surface area (Å²) in [5.74, 6) is 0. The smallest absolute Gasteiger partial charge is 0.153 e. The Kier molecular flexibility index (Phi) is 1.10. The van der Waals surface area contributed by atoms with Gasteiger partial charge in [0.25, 0.3) is 0 Å². The topological polar surface area (TPSA) is 33.1 Å². The summed E-state index contributed by atoms with van der Waals surface area (Å²) in [5, 5.41) is 3.20. The molecule has 0 unspecified atom stereocenters. The minimum Gasteiger partial charge on any atom is -0.297 e. The lowest BCUT2D eigenvalue weighted by Crippen LogP contribution is -1.87. The first-order chi connectivity index (χ1) is 5.18. The Morgan fingerprint density at radius 2 is 2.09 bits per heavy atom. The second kappa shape index (κ2) is 1.87. The molecule has 3 nitrogen and oxygen atoms in total. The van der Waals surface area contributed by atoms with Crippen LogP contribution in [0.5, 0.6) is 0 Å². The lowest BCUT2D eigenvalue weighted by atomic mass is 10.4. The van der Waals surface area contributed by atoms with Crippen LogP contribution < -0.4 is 0 Å². The summed E-state index contributed by atoms with van der Waals surface area (Å²) in [6, 6.07) is 2.04. The number of nitrogens with zero attached hydrogens (tertiary/aromatic N) is 2. The molecule has 0 atom stereocenters. The molecule has 0 amide bonds. The van der Waals surface area contributed by atoms with Crippen molar-refractivity contribution >= 4 is 5.65 Å². The highest BCUT2D eigenvalue weighted by Crippen LogP contribution is 2.10. The van der Waals surface area contributed by atoms with Crippen LogP contribution in [0.4, 0.5) is 0 Å². The molecule has 0 spiro atoms. The molecule has 11 heavy (non-hydrogen) atoms. The number of aryl methyl sites for hydroxylation is 3. The normalized spacial score (nSPS) is 11.2. The van der Waals surface area contributed by atoms with Gasteiger partial charge in [-0.15, -0.1) is 0 Å². The summed E-state index contributed by atoms with van der Waals surface area (Å²) >= 11 is 0. The van der Waals surface area contributed by atoms with E-state index in [1.165, 1.54) is 5.69 Å². The standard InChI is InChI=1S/C8H11N3/c1-5-4-8-9-6(2)7(3)11(8)10-5/h4,10H,1-3H3. The van der Waals surface area contributed by atoms with Gasteiger partial charge in [0.05, 0.1) is 11.4 Å². The van der Waals surface area contributed by atoms with Gasteiger partial charge in [-0.2, -0.15) is 0 Å². The molecule has 2 aromatic heterocycles. The lowest BCUT2D eigenvalue weighted by Gasteiger charge is -1.89. The van der Waals surface area contributed by atoms with Crippen LogP contribution >= 0.6 is 0 Å². The van der Waals surface area contributed by atoms with E-state index in [0.29, 0.717) is 0 Å². The molecule has 0 saturated carbocycles.